The molecule has 4 N–H and O–H groups in total. The molecule has 0 spiro atoms. The minimum Gasteiger partial charge on any atom is -0.379 e. The van der Waals surface area contributed by atoms with Gasteiger partial charge in [0.2, 0.25) is 23.6 Å². The smallest absolute Gasteiger partial charge is 0.241 e. The van der Waals surface area contributed by atoms with Crippen molar-refractivity contribution in [2.45, 2.75) is 101 Å². The number of hydrogen-bond donors (Lipinski definition) is 4. The number of piperazine rings is 2. The van der Waals surface area contributed by atoms with Crippen molar-refractivity contribution in [3.63, 3.8) is 0 Å². The van der Waals surface area contributed by atoms with Gasteiger partial charge in [-0.05, 0) is 124 Å². The molecule has 6 aliphatic heterocycles. The van der Waals surface area contributed by atoms with Crippen molar-refractivity contribution >= 4 is 35.0 Å². The predicted molar refractivity (Wildman–Crippen MR) is 306 cm³/mol. The van der Waals surface area contributed by atoms with Crippen molar-refractivity contribution in [2.24, 2.45) is 0 Å². The van der Waals surface area contributed by atoms with Gasteiger partial charge in [-0.1, -0.05) is 48.5 Å². The van der Waals surface area contributed by atoms with Gasteiger partial charge in [0.1, 0.15) is 11.6 Å². The van der Waals surface area contributed by atoms with Gasteiger partial charge in [0.05, 0.1) is 50.3 Å². The maximum atomic E-state index is 14.8. The molecule has 4 saturated heterocycles. The van der Waals surface area contributed by atoms with Crippen molar-refractivity contribution in [1.82, 2.24) is 40.9 Å². The van der Waals surface area contributed by atoms with E-state index in [9.17, 15) is 28.0 Å². The van der Waals surface area contributed by atoms with Crippen LogP contribution < -0.4 is 31.1 Å². The van der Waals surface area contributed by atoms with Gasteiger partial charge in [0.15, 0.2) is 0 Å². The number of amides is 4. The van der Waals surface area contributed by atoms with E-state index < -0.39 is 10.8 Å². The van der Waals surface area contributed by atoms with E-state index in [-0.39, 0.29) is 111 Å². The van der Waals surface area contributed by atoms with Crippen LogP contribution in [0.3, 0.4) is 0 Å². The maximum Gasteiger partial charge on any atom is 0.241 e. The lowest BCUT2D eigenvalue weighted by molar-refractivity contribution is -0.128. The first-order chi connectivity index (χ1) is 38.4. The number of carbonyl (C=O) groups excluding carboxylic acids is 4. The van der Waals surface area contributed by atoms with Crippen molar-refractivity contribution in [1.29, 1.82) is 0 Å². The summed E-state index contributed by atoms with van der Waals surface area (Å²) in [5.74, 6) is -1.33. The van der Waals surface area contributed by atoms with Crippen LogP contribution in [-0.4, -0.2) is 198 Å². The number of nitrogens with zero attached hydrogens (tertiary/aromatic N) is 6. The number of nitrogens with one attached hydrogen (secondary N) is 4. The summed E-state index contributed by atoms with van der Waals surface area (Å²) in [4.78, 5) is 72.0. The van der Waals surface area contributed by atoms with Gasteiger partial charge < -0.3 is 40.5 Å². The minimum atomic E-state index is -1.12. The van der Waals surface area contributed by atoms with Gasteiger partial charge in [-0.3, -0.25) is 38.8 Å². The maximum absolute atomic E-state index is 14.8. The Hall–Kier alpha value is -5.70. The lowest BCUT2D eigenvalue weighted by Gasteiger charge is -2.43. The number of morpholine rings is 2. The molecule has 8 atom stereocenters. The molecule has 0 aliphatic carbocycles. The van der Waals surface area contributed by atoms with Crippen LogP contribution in [0.1, 0.15) is 74.9 Å². The highest BCUT2D eigenvalue weighted by Crippen LogP contribution is 2.44. The summed E-state index contributed by atoms with van der Waals surface area (Å²) >= 11 is 0. The molecule has 16 nitrogen and oxygen atoms in total. The fourth-order valence-corrected chi connectivity index (χ4v) is 12.9. The first-order valence-corrected chi connectivity index (χ1v) is 29.0. The Balaban J connectivity index is 0.836. The Morgan fingerprint density at radius 3 is 1.34 bits per heavy atom. The highest BCUT2D eigenvalue weighted by Gasteiger charge is 2.49. The number of rotatable bonds is 17. The van der Waals surface area contributed by atoms with Crippen molar-refractivity contribution in [2.75, 3.05) is 128 Å². The average Bonchev–Trinajstić information content (AvgIpc) is 3.95. The second-order valence-electron chi connectivity index (χ2n) is 24.1. The summed E-state index contributed by atoms with van der Waals surface area (Å²) in [6.45, 7) is 22.2. The van der Waals surface area contributed by atoms with Crippen molar-refractivity contribution < 1.29 is 37.4 Å². The standard InChI is InChI=1S/C62H82F2N10O6/c1-41-31-71(51(29-67-41)33-69-21-23-79-37-43(69)3)35-57(75)73-39-61(5,53-17-11-47(27-55(53)73)25-45-7-13-49(63)14-8-45)59(77)65-19-20-66-60(78)62(6)40-74(56-28-48(12-18-54(56)62)26-46-9-15-50(64)16-10-46)58(76)36-72-32-42(2)68-30-52(72)34-70-22-24-80-38-44(70)4/h7-18,27-28,41-44,51-52,67-68H,19-26,29-40H2,1-6H3,(H,65,77)(H,66,78)/t41-,42-,43-,44-,51-,52?,61?,62?/m1/s1. The van der Waals surface area contributed by atoms with Gasteiger partial charge >= 0.3 is 0 Å². The zero-order valence-corrected chi connectivity index (χ0v) is 47.6. The molecule has 4 aromatic carbocycles. The summed E-state index contributed by atoms with van der Waals surface area (Å²) < 4.78 is 39.3. The Morgan fingerprint density at radius 1 is 0.562 bits per heavy atom. The number of benzene rings is 4. The first kappa shape index (κ1) is 57.5. The van der Waals surface area contributed by atoms with Crippen LogP contribution in [0.25, 0.3) is 0 Å². The van der Waals surface area contributed by atoms with Crippen molar-refractivity contribution in [3.8, 4) is 0 Å². The molecule has 18 heteroatoms. The molecule has 4 amide bonds. The molecule has 10 rings (SSSR count). The second kappa shape index (κ2) is 24.8. The minimum absolute atomic E-state index is 0.0896. The Kier molecular flexibility index (Phi) is 17.8. The molecule has 6 heterocycles. The third-order valence-electron chi connectivity index (χ3n) is 17.8. The zero-order valence-electron chi connectivity index (χ0n) is 47.6. The summed E-state index contributed by atoms with van der Waals surface area (Å²) in [5, 5.41) is 13.5. The summed E-state index contributed by atoms with van der Waals surface area (Å²) in [7, 11) is 0. The molecule has 430 valence electrons. The zero-order chi connectivity index (χ0) is 56.3. The molecule has 0 radical (unpaired) electrons. The lowest BCUT2D eigenvalue weighted by Crippen LogP contribution is -2.62. The summed E-state index contributed by atoms with van der Waals surface area (Å²) in [5.41, 5.74) is 4.32. The number of anilines is 2. The monoisotopic (exact) mass is 1100 g/mol. The highest BCUT2D eigenvalue weighted by molar-refractivity contribution is 6.04. The van der Waals surface area contributed by atoms with Gasteiger partial charge in [0.25, 0.3) is 0 Å². The van der Waals surface area contributed by atoms with Gasteiger partial charge in [-0.2, -0.15) is 0 Å². The third-order valence-corrected chi connectivity index (χ3v) is 17.8. The van der Waals surface area contributed by atoms with Crippen LogP contribution in [0, 0.1) is 11.6 Å². The van der Waals surface area contributed by atoms with E-state index in [1.807, 2.05) is 50.2 Å². The number of hydrogen-bond acceptors (Lipinski definition) is 12. The molecular weight excluding hydrogens is 1020 g/mol. The molecule has 80 heavy (non-hydrogen) atoms. The molecule has 0 bridgehead atoms. The van der Waals surface area contributed by atoms with Crippen LogP contribution in [0.4, 0.5) is 20.2 Å². The van der Waals surface area contributed by atoms with Crippen LogP contribution >= 0.6 is 0 Å². The molecule has 3 unspecified atom stereocenters. The SMILES string of the molecule is C[C@@H]1CN(CC(=O)N2CC(C)(C(=O)NCCNC(=O)C3(C)CN(C(=O)CN4C[C@@H](C)NC[C@@H]4CN4CCOC[C@H]4C)c4cc(Cc5ccc(F)cc5)ccc43)c3ccc(Cc4ccc(F)cc4)cc32)C(CN2CCOC[C@H]2C)CN1. The predicted octanol–water partition coefficient (Wildman–Crippen LogP) is 4.05. The molecular formula is C62H82F2N10O6. The van der Waals surface area contributed by atoms with E-state index in [1.165, 1.54) is 24.3 Å². The van der Waals surface area contributed by atoms with Crippen LogP contribution in [0.2, 0.25) is 0 Å². The van der Waals surface area contributed by atoms with Gasteiger partial charge in [0, 0.05) is 126 Å². The van der Waals surface area contributed by atoms with E-state index >= 15 is 0 Å². The van der Waals surface area contributed by atoms with Gasteiger partial charge in [-0.15, -0.1) is 0 Å². The van der Waals surface area contributed by atoms with Crippen molar-refractivity contribution in [3.05, 3.63) is 130 Å². The number of ether oxygens (including phenoxy) is 2. The van der Waals surface area contributed by atoms with Crippen LogP contribution in [0.5, 0.6) is 0 Å². The molecule has 4 aromatic rings. The number of fused-ring (bicyclic) bond motifs is 2. The van der Waals surface area contributed by atoms with E-state index in [2.05, 4.69) is 68.6 Å². The summed E-state index contributed by atoms with van der Waals surface area (Å²) in [6, 6.07) is 25.8. The average molecular weight is 1100 g/mol. The Labute approximate surface area is 470 Å². The lowest BCUT2D eigenvalue weighted by atomic mass is 9.82. The highest BCUT2D eigenvalue weighted by atomic mass is 19.1. The Morgan fingerprint density at radius 2 is 0.950 bits per heavy atom. The number of carbonyl (C=O) groups is 4. The van der Waals surface area contributed by atoms with E-state index in [0.717, 1.165) is 72.6 Å². The van der Waals surface area contributed by atoms with E-state index in [0.29, 0.717) is 63.7 Å². The number of halogens is 2. The molecule has 0 aromatic heterocycles. The Bertz CT molecular complexity index is 2670. The molecule has 6 aliphatic rings. The largest absolute Gasteiger partial charge is 0.379 e. The molecule has 0 saturated carbocycles. The second-order valence-corrected chi connectivity index (χ2v) is 24.1. The molecule has 4 fully saturated rings. The quantitative estimate of drug-likeness (QED) is 0.113. The van der Waals surface area contributed by atoms with Gasteiger partial charge in [-0.25, -0.2) is 8.78 Å². The first-order valence-electron chi connectivity index (χ1n) is 29.0. The summed E-state index contributed by atoms with van der Waals surface area (Å²) in [6.07, 6.45) is 1.04. The van der Waals surface area contributed by atoms with E-state index in [1.54, 1.807) is 34.1 Å². The van der Waals surface area contributed by atoms with Crippen LogP contribution in [-0.2, 0) is 52.3 Å². The normalized spacial score (nSPS) is 27.6. The fourth-order valence-electron chi connectivity index (χ4n) is 12.9. The van der Waals surface area contributed by atoms with Crippen LogP contribution in [0.15, 0.2) is 84.9 Å². The van der Waals surface area contributed by atoms with E-state index in [4.69, 9.17) is 9.47 Å². The third kappa shape index (κ3) is 12.8. The topological polar surface area (TPSA) is 154 Å². The fraction of sp³-hybridized carbons (Fsp3) is 0.548.